The summed E-state index contributed by atoms with van der Waals surface area (Å²) in [6.07, 6.45) is 1.78. The van der Waals surface area contributed by atoms with Gasteiger partial charge in [0, 0.05) is 28.2 Å². The Kier molecular flexibility index (Phi) is 6.25. The maximum atomic E-state index is 5.22. The van der Waals surface area contributed by atoms with E-state index >= 15 is 0 Å². The van der Waals surface area contributed by atoms with Crippen LogP contribution in [0.4, 0.5) is 0 Å². The molecule has 4 heterocycles. The fraction of sp³-hybridized carbons (Fsp3) is 0.0833. The van der Waals surface area contributed by atoms with Gasteiger partial charge in [0.15, 0.2) is 5.82 Å². The topological polar surface area (TPSA) is 64.5 Å². The number of nitrogens with zero attached hydrogens (tertiary/aromatic N) is 5. The van der Waals surface area contributed by atoms with Gasteiger partial charge in [-0.15, -0.1) is 0 Å². The van der Waals surface area contributed by atoms with Crippen molar-refractivity contribution >= 4 is 21.8 Å². The molecule has 0 fully saturated rings. The maximum Gasteiger partial charge on any atom is 0.179 e. The molecule has 0 aliphatic rings. The Hall–Kier alpha value is -5.29. The molecule has 5 nitrogen and oxygen atoms in total. The summed E-state index contributed by atoms with van der Waals surface area (Å²) >= 11 is 0. The SMILES string of the molecule is CC(C)c1ccc2ccc3c(-c4ccccc4)cc(-c4nc(-c5ccccc5)cc(-c5ccccn5)n4)nc3c2n1. The van der Waals surface area contributed by atoms with Crippen molar-refractivity contribution in [3.05, 3.63) is 127 Å². The third-order valence-corrected chi connectivity index (χ3v) is 7.29. The van der Waals surface area contributed by atoms with Crippen molar-refractivity contribution in [2.45, 2.75) is 19.8 Å². The molecule has 7 aromatic rings. The summed E-state index contributed by atoms with van der Waals surface area (Å²) in [6, 6.07) is 39.0. The Morgan fingerprint density at radius 2 is 1.22 bits per heavy atom. The summed E-state index contributed by atoms with van der Waals surface area (Å²) in [5, 5.41) is 2.10. The van der Waals surface area contributed by atoms with Crippen LogP contribution in [0.2, 0.25) is 0 Å². The van der Waals surface area contributed by atoms with Crippen LogP contribution in [-0.2, 0) is 0 Å². The lowest BCUT2D eigenvalue weighted by atomic mass is 9.98. The average Bonchev–Trinajstić information content (AvgIpc) is 3.05. The molecule has 5 heteroatoms. The highest BCUT2D eigenvalue weighted by Crippen LogP contribution is 2.35. The van der Waals surface area contributed by atoms with Gasteiger partial charge in [-0.2, -0.15) is 0 Å². The van der Waals surface area contributed by atoms with Gasteiger partial charge in [-0.25, -0.2) is 15.0 Å². The summed E-state index contributed by atoms with van der Waals surface area (Å²) in [4.78, 5) is 24.9. The third-order valence-electron chi connectivity index (χ3n) is 7.29. The van der Waals surface area contributed by atoms with Gasteiger partial charge in [-0.05, 0) is 47.4 Å². The third kappa shape index (κ3) is 4.72. The van der Waals surface area contributed by atoms with E-state index in [1.807, 2.05) is 48.5 Å². The van der Waals surface area contributed by atoms with Crippen LogP contribution >= 0.6 is 0 Å². The number of fused-ring (bicyclic) bond motifs is 3. The fourth-order valence-corrected chi connectivity index (χ4v) is 5.14. The molecule has 0 radical (unpaired) electrons. The molecule has 0 N–H and O–H groups in total. The van der Waals surface area contributed by atoms with Gasteiger partial charge >= 0.3 is 0 Å². The first kappa shape index (κ1) is 24.7. The predicted molar refractivity (Wildman–Crippen MR) is 166 cm³/mol. The second-order valence-corrected chi connectivity index (χ2v) is 10.4. The highest BCUT2D eigenvalue weighted by Gasteiger charge is 2.17. The van der Waals surface area contributed by atoms with E-state index in [0.717, 1.165) is 61.3 Å². The van der Waals surface area contributed by atoms with E-state index in [2.05, 4.69) is 85.6 Å². The van der Waals surface area contributed by atoms with Gasteiger partial charge in [-0.3, -0.25) is 9.97 Å². The standard InChI is InChI=1S/C36H27N5/c1-23(2)29-19-17-26-16-18-27-28(24-11-5-3-6-12-24)21-33(39-35(27)34(26)38-29)36-40-31(25-13-7-4-8-14-25)22-32(41-36)30-15-9-10-20-37-30/h3-23H,1-2H3. The minimum atomic E-state index is 0.304. The molecule has 0 atom stereocenters. The number of rotatable bonds is 5. The van der Waals surface area contributed by atoms with Crippen molar-refractivity contribution in [2.75, 3.05) is 0 Å². The summed E-state index contributed by atoms with van der Waals surface area (Å²) < 4.78 is 0. The summed E-state index contributed by atoms with van der Waals surface area (Å²) in [5.41, 5.74) is 8.98. The van der Waals surface area contributed by atoms with E-state index < -0.39 is 0 Å². The zero-order valence-corrected chi connectivity index (χ0v) is 22.9. The van der Waals surface area contributed by atoms with Crippen LogP contribution in [0.1, 0.15) is 25.5 Å². The Morgan fingerprint density at radius 3 is 1.95 bits per heavy atom. The average molecular weight is 530 g/mol. The summed E-state index contributed by atoms with van der Waals surface area (Å²) in [5.74, 6) is 0.848. The Balaban J connectivity index is 1.54. The normalized spacial score (nSPS) is 11.4. The van der Waals surface area contributed by atoms with Gasteiger partial charge in [0.2, 0.25) is 0 Å². The zero-order chi connectivity index (χ0) is 27.8. The van der Waals surface area contributed by atoms with Gasteiger partial charge < -0.3 is 0 Å². The highest BCUT2D eigenvalue weighted by atomic mass is 14.9. The summed E-state index contributed by atoms with van der Waals surface area (Å²) in [6.45, 7) is 4.32. The molecule has 196 valence electrons. The van der Waals surface area contributed by atoms with Crippen molar-refractivity contribution < 1.29 is 0 Å². The molecule has 0 aliphatic heterocycles. The van der Waals surface area contributed by atoms with E-state index in [-0.39, 0.29) is 0 Å². The van der Waals surface area contributed by atoms with E-state index in [4.69, 9.17) is 19.9 Å². The smallest absolute Gasteiger partial charge is 0.179 e. The van der Waals surface area contributed by atoms with E-state index in [1.165, 1.54) is 0 Å². The number of hydrogen-bond donors (Lipinski definition) is 0. The minimum absolute atomic E-state index is 0.304. The van der Waals surface area contributed by atoms with Gasteiger partial charge in [0.05, 0.1) is 28.1 Å². The molecule has 0 unspecified atom stereocenters. The molecule has 0 bridgehead atoms. The van der Waals surface area contributed by atoms with Crippen LogP contribution in [-0.4, -0.2) is 24.9 Å². The molecule has 0 amide bonds. The molecule has 0 saturated heterocycles. The molecular weight excluding hydrogens is 502 g/mol. The van der Waals surface area contributed by atoms with Crippen molar-refractivity contribution in [3.63, 3.8) is 0 Å². The van der Waals surface area contributed by atoms with Crippen LogP contribution in [0.15, 0.2) is 121 Å². The van der Waals surface area contributed by atoms with Crippen LogP contribution in [0.25, 0.3) is 67.1 Å². The lowest BCUT2D eigenvalue weighted by Gasteiger charge is -2.14. The van der Waals surface area contributed by atoms with Crippen LogP contribution in [0.5, 0.6) is 0 Å². The van der Waals surface area contributed by atoms with Gasteiger partial charge in [0.25, 0.3) is 0 Å². The molecule has 0 spiro atoms. The zero-order valence-electron chi connectivity index (χ0n) is 22.9. The largest absolute Gasteiger partial charge is 0.255 e. The summed E-state index contributed by atoms with van der Waals surface area (Å²) in [7, 11) is 0. The first-order valence-electron chi connectivity index (χ1n) is 13.8. The number of aromatic nitrogens is 5. The Morgan fingerprint density at radius 1 is 0.512 bits per heavy atom. The van der Waals surface area contributed by atoms with Crippen LogP contribution in [0, 0.1) is 0 Å². The number of benzene rings is 3. The first-order chi connectivity index (χ1) is 20.1. The maximum absolute atomic E-state index is 5.22. The van der Waals surface area contributed by atoms with Crippen LogP contribution < -0.4 is 0 Å². The quantitative estimate of drug-likeness (QED) is 0.209. The second-order valence-electron chi connectivity index (χ2n) is 10.4. The van der Waals surface area contributed by atoms with Crippen molar-refractivity contribution in [1.82, 2.24) is 24.9 Å². The Labute approximate surface area is 238 Å². The molecule has 41 heavy (non-hydrogen) atoms. The van der Waals surface area contributed by atoms with Gasteiger partial charge in [-0.1, -0.05) is 98.8 Å². The molecule has 7 rings (SSSR count). The van der Waals surface area contributed by atoms with E-state index in [1.54, 1.807) is 6.20 Å². The fourth-order valence-electron chi connectivity index (χ4n) is 5.14. The molecular formula is C36H27N5. The monoisotopic (exact) mass is 529 g/mol. The first-order valence-corrected chi connectivity index (χ1v) is 13.8. The molecule has 3 aromatic carbocycles. The lowest BCUT2D eigenvalue weighted by Crippen LogP contribution is -2.00. The lowest BCUT2D eigenvalue weighted by molar-refractivity contribution is 0.830. The van der Waals surface area contributed by atoms with E-state index in [9.17, 15) is 0 Å². The second kappa shape index (κ2) is 10.4. The van der Waals surface area contributed by atoms with Gasteiger partial charge in [0.1, 0.15) is 5.69 Å². The van der Waals surface area contributed by atoms with Crippen molar-refractivity contribution in [3.8, 4) is 45.3 Å². The van der Waals surface area contributed by atoms with Crippen LogP contribution in [0.3, 0.4) is 0 Å². The number of hydrogen-bond acceptors (Lipinski definition) is 5. The van der Waals surface area contributed by atoms with Crippen molar-refractivity contribution in [2.24, 2.45) is 0 Å². The predicted octanol–water partition coefficient (Wildman–Crippen LogP) is 8.76. The molecule has 0 aliphatic carbocycles. The highest BCUT2D eigenvalue weighted by molar-refractivity contribution is 6.09. The van der Waals surface area contributed by atoms with Crippen molar-refractivity contribution in [1.29, 1.82) is 0 Å². The minimum Gasteiger partial charge on any atom is -0.255 e. The van der Waals surface area contributed by atoms with E-state index in [0.29, 0.717) is 17.4 Å². The number of pyridine rings is 3. The molecule has 0 saturated carbocycles. The molecule has 4 aromatic heterocycles. The Bertz CT molecular complexity index is 1950.